The van der Waals surface area contributed by atoms with Gasteiger partial charge in [0.1, 0.15) is 12.2 Å². The number of amides is 3. The molecule has 0 bridgehead atoms. The Kier molecular flexibility index (Phi) is 22.9. The Morgan fingerprint density at radius 1 is 0.667 bits per heavy atom. The molecule has 19 nitrogen and oxygen atoms in total. The van der Waals surface area contributed by atoms with E-state index in [4.69, 9.17) is 34.3 Å². The number of hydrogen-bond acceptors (Lipinski definition) is 13. The molecule has 0 spiro atoms. The third kappa shape index (κ3) is 22.3. The van der Waals surface area contributed by atoms with Crippen molar-refractivity contribution in [2.75, 3.05) is 52.6 Å². The molecule has 0 aromatic rings. The second-order valence-electron chi connectivity index (χ2n) is 11.4. The Bertz CT molecular complexity index is 1340. The van der Waals surface area contributed by atoms with Crippen molar-refractivity contribution in [3.05, 3.63) is 24.3 Å². The SMILES string of the molecule is NCCOCCOCCNC(=O)[C@H](CNC(=O)O[C@H]1CC/C=C/CCC1)S(=O)(=O)O.O=C(NC[C@@H](C(=O)O)S(=O)(=O)O)O[C@H]1CC/C=C/CCC1. The quantitative estimate of drug-likeness (QED) is 0.0579. The van der Waals surface area contributed by atoms with Crippen LogP contribution in [-0.2, 0) is 48.8 Å². The minimum Gasteiger partial charge on any atom is -0.480 e. The van der Waals surface area contributed by atoms with Crippen molar-refractivity contribution in [3.8, 4) is 0 Å². The van der Waals surface area contributed by atoms with Gasteiger partial charge in [-0.25, -0.2) is 9.59 Å². The lowest BCUT2D eigenvalue weighted by Gasteiger charge is -2.20. The van der Waals surface area contributed by atoms with E-state index in [1.165, 1.54) is 0 Å². The Hall–Kier alpha value is -3.34. The maximum Gasteiger partial charge on any atom is 0.407 e. The smallest absolute Gasteiger partial charge is 0.407 e. The molecule has 0 fully saturated rings. The molecule has 0 radical (unpaired) electrons. The van der Waals surface area contributed by atoms with Crippen LogP contribution in [0.5, 0.6) is 0 Å². The average molecular weight is 773 g/mol. The van der Waals surface area contributed by atoms with E-state index >= 15 is 0 Å². The third-order valence-corrected chi connectivity index (χ3v) is 9.50. The number of aliphatic carboxylic acids is 1. The van der Waals surface area contributed by atoms with Gasteiger partial charge < -0.3 is 45.7 Å². The number of carboxylic acids is 1. The molecular formula is C30H52N4O15S2. The van der Waals surface area contributed by atoms with Crippen molar-refractivity contribution in [2.45, 2.75) is 86.9 Å². The van der Waals surface area contributed by atoms with Crippen LogP contribution in [0.4, 0.5) is 9.59 Å². The van der Waals surface area contributed by atoms with E-state index in [0.29, 0.717) is 52.0 Å². The standard InChI is InChI=1S/C18H33N3O8S.C12H19NO7S/c19-8-10-27-12-13-28-11-9-20-17(22)16(30(24,25)26)14-21-18(23)29-15-6-4-2-1-3-5-7-15;14-11(15)10(21(17,18)19)8-13-12(16)20-9-6-4-2-1-3-5-7-9/h1-2,15-16H,3-14,19H2,(H,20,22)(H,21,23)(H,24,25,26);1-2,9-10H,3-8H2,(H,13,16)(H,14,15)(H,17,18,19)/b2*2-1+/t15-,16-;9-,10-/m00/s1. The van der Waals surface area contributed by atoms with Gasteiger partial charge in [-0.15, -0.1) is 0 Å². The molecule has 0 aromatic carbocycles. The number of carbonyl (C=O) groups is 4. The van der Waals surface area contributed by atoms with E-state index in [0.717, 1.165) is 38.5 Å². The van der Waals surface area contributed by atoms with Crippen LogP contribution in [0, 0.1) is 0 Å². The fourth-order valence-corrected chi connectivity index (χ4v) is 5.84. The summed E-state index contributed by atoms with van der Waals surface area (Å²) in [4.78, 5) is 46.3. The number of allylic oxidation sites excluding steroid dienone is 4. The van der Waals surface area contributed by atoms with Crippen molar-refractivity contribution in [2.24, 2.45) is 5.73 Å². The summed E-state index contributed by atoms with van der Waals surface area (Å²) in [7, 11) is -9.51. The zero-order chi connectivity index (χ0) is 38.1. The second kappa shape index (κ2) is 25.6. The van der Waals surface area contributed by atoms with Gasteiger partial charge in [-0.05, 0) is 64.2 Å². The molecule has 8 N–H and O–H groups in total. The highest BCUT2D eigenvalue weighted by atomic mass is 32.2. The number of alkyl carbamates (subject to hydrolysis) is 2. The van der Waals surface area contributed by atoms with Crippen LogP contribution < -0.4 is 21.7 Å². The Labute approximate surface area is 298 Å². The van der Waals surface area contributed by atoms with Crippen molar-refractivity contribution >= 4 is 44.3 Å². The predicted molar refractivity (Wildman–Crippen MR) is 183 cm³/mol. The minimum atomic E-state index is -4.78. The lowest BCUT2D eigenvalue weighted by atomic mass is 10.0. The summed E-state index contributed by atoms with van der Waals surface area (Å²) < 4.78 is 83.5. The molecule has 0 heterocycles. The van der Waals surface area contributed by atoms with Crippen LogP contribution in [0.15, 0.2) is 24.3 Å². The number of carboxylic acid groups (broad SMARTS) is 1. The first-order valence-corrected chi connectivity index (χ1v) is 19.6. The van der Waals surface area contributed by atoms with Gasteiger partial charge in [0.25, 0.3) is 20.2 Å². The molecule has 0 unspecified atom stereocenters. The van der Waals surface area contributed by atoms with Crippen LogP contribution >= 0.6 is 0 Å². The molecule has 294 valence electrons. The summed E-state index contributed by atoms with van der Waals surface area (Å²) in [6.07, 6.45) is 13.8. The molecule has 21 heteroatoms. The fourth-order valence-electron chi connectivity index (χ4n) is 4.64. The number of carbonyl (C=O) groups excluding carboxylic acids is 3. The van der Waals surface area contributed by atoms with Gasteiger partial charge in [0.15, 0.2) is 5.25 Å². The monoisotopic (exact) mass is 772 g/mol. The molecule has 51 heavy (non-hydrogen) atoms. The van der Waals surface area contributed by atoms with E-state index in [9.17, 15) is 40.6 Å². The molecule has 2 rings (SSSR count). The van der Waals surface area contributed by atoms with Gasteiger partial charge in [0.05, 0.1) is 33.0 Å². The Morgan fingerprint density at radius 3 is 1.57 bits per heavy atom. The van der Waals surface area contributed by atoms with E-state index in [-0.39, 0.29) is 25.4 Å². The minimum absolute atomic E-state index is 0.0295. The van der Waals surface area contributed by atoms with E-state index in [1.807, 2.05) is 12.2 Å². The summed E-state index contributed by atoms with van der Waals surface area (Å²) >= 11 is 0. The van der Waals surface area contributed by atoms with Crippen molar-refractivity contribution < 1.29 is 69.2 Å². The Balaban J connectivity index is 0.000000543. The predicted octanol–water partition coefficient (Wildman–Crippen LogP) is 0.909. The van der Waals surface area contributed by atoms with Crippen LogP contribution in [-0.4, -0.2) is 130 Å². The molecule has 2 aliphatic rings. The largest absolute Gasteiger partial charge is 0.480 e. The lowest BCUT2D eigenvalue weighted by Crippen LogP contribution is -2.48. The van der Waals surface area contributed by atoms with Gasteiger partial charge in [-0.3, -0.25) is 18.7 Å². The van der Waals surface area contributed by atoms with Gasteiger partial charge in [-0.2, -0.15) is 16.8 Å². The van der Waals surface area contributed by atoms with Crippen LogP contribution in [0.1, 0.15) is 64.2 Å². The molecule has 0 saturated carbocycles. The first kappa shape index (κ1) is 45.7. The maximum absolute atomic E-state index is 12.1. The summed E-state index contributed by atoms with van der Waals surface area (Å²) in [5, 5.41) is 11.4. The average Bonchev–Trinajstić information content (AvgIpc) is 3.00. The van der Waals surface area contributed by atoms with Gasteiger partial charge >= 0.3 is 18.2 Å². The highest BCUT2D eigenvalue weighted by Gasteiger charge is 2.33. The number of rotatable bonds is 18. The number of nitrogens with two attached hydrogens (primary N) is 1. The molecular weight excluding hydrogens is 720 g/mol. The molecule has 3 amide bonds. The zero-order valence-electron chi connectivity index (χ0n) is 28.5. The topological polar surface area (TPSA) is 296 Å². The fraction of sp³-hybridized carbons (Fsp3) is 0.733. The van der Waals surface area contributed by atoms with Crippen LogP contribution in [0.25, 0.3) is 0 Å². The highest BCUT2D eigenvalue weighted by Crippen LogP contribution is 2.16. The molecule has 0 saturated heterocycles. The number of nitrogens with one attached hydrogen (secondary N) is 3. The summed E-state index contributed by atoms with van der Waals surface area (Å²) in [5.41, 5.74) is 5.27. The maximum atomic E-state index is 12.1. The summed E-state index contributed by atoms with van der Waals surface area (Å²) in [6, 6.07) is 0. The molecule has 0 aliphatic heterocycles. The molecule has 2 aliphatic carbocycles. The van der Waals surface area contributed by atoms with Crippen LogP contribution in [0.3, 0.4) is 0 Å². The first-order valence-electron chi connectivity index (χ1n) is 16.6. The van der Waals surface area contributed by atoms with E-state index in [1.54, 1.807) is 0 Å². The number of hydrogen-bond donors (Lipinski definition) is 7. The van der Waals surface area contributed by atoms with Crippen molar-refractivity contribution in [1.29, 1.82) is 0 Å². The van der Waals surface area contributed by atoms with Crippen LogP contribution in [0.2, 0.25) is 0 Å². The Morgan fingerprint density at radius 2 is 1.12 bits per heavy atom. The zero-order valence-corrected chi connectivity index (χ0v) is 30.1. The van der Waals surface area contributed by atoms with Gasteiger partial charge in [-0.1, -0.05) is 24.3 Å². The van der Waals surface area contributed by atoms with Crippen molar-refractivity contribution in [3.63, 3.8) is 0 Å². The summed E-state index contributed by atoms with van der Waals surface area (Å²) in [5.74, 6) is -2.69. The van der Waals surface area contributed by atoms with E-state index in [2.05, 4.69) is 28.1 Å². The highest BCUT2D eigenvalue weighted by molar-refractivity contribution is 7.87. The third-order valence-electron chi connectivity index (χ3n) is 7.32. The van der Waals surface area contributed by atoms with Crippen molar-refractivity contribution in [1.82, 2.24) is 16.0 Å². The lowest BCUT2D eigenvalue weighted by molar-refractivity contribution is -0.136. The summed E-state index contributed by atoms with van der Waals surface area (Å²) in [6.45, 7) is 0.271. The number of ether oxygens (including phenoxy) is 4. The van der Waals surface area contributed by atoms with Gasteiger partial charge in [0.2, 0.25) is 11.2 Å². The van der Waals surface area contributed by atoms with E-state index < -0.39 is 67.9 Å². The normalized spacial score (nSPS) is 20.5. The molecule has 4 atom stereocenters. The first-order chi connectivity index (χ1) is 24.1. The molecule has 0 aromatic heterocycles. The second-order valence-corrected chi connectivity index (χ2v) is 14.6. The van der Waals surface area contributed by atoms with Gasteiger partial charge in [0, 0.05) is 19.6 Å².